The first-order valence-electron chi connectivity index (χ1n) is 6.61. The van der Waals surface area contributed by atoms with Crippen LogP contribution in [0.5, 0.6) is 0 Å². The fraction of sp³-hybridized carbons (Fsp3) is 0.286. The Kier molecular flexibility index (Phi) is 3.06. The van der Waals surface area contributed by atoms with Gasteiger partial charge in [0.15, 0.2) is 0 Å². The highest BCUT2D eigenvalue weighted by Crippen LogP contribution is 2.32. The average Bonchev–Trinajstić information content (AvgIpc) is 2.94. The van der Waals surface area contributed by atoms with Gasteiger partial charge in [0.1, 0.15) is 0 Å². The van der Waals surface area contributed by atoms with E-state index in [1.807, 2.05) is 25.3 Å². The van der Waals surface area contributed by atoms with E-state index in [-0.39, 0.29) is 11.9 Å². The second-order valence-corrected chi connectivity index (χ2v) is 5.04. The molecule has 1 aliphatic heterocycles. The number of amides is 1. The monoisotopic (exact) mass is 271 g/mol. The van der Waals surface area contributed by atoms with E-state index in [2.05, 4.69) is 20.8 Å². The minimum Gasteiger partial charge on any atom is -0.397 e. The largest absolute Gasteiger partial charge is 0.397 e. The number of nitrogens with one attached hydrogen (secondary N) is 3. The molecule has 20 heavy (non-hydrogen) atoms. The number of nitrogen functional groups attached to an aromatic ring is 1. The van der Waals surface area contributed by atoms with Gasteiger partial charge < -0.3 is 16.4 Å². The van der Waals surface area contributed by atoms with Gasteiger partial charge in [-0.05, 0) is 31.0 Å². The van der Waals surface area contributed by atoms with Gasteiger partial charge in [-0.15, -0.1) is 0 Å². The lowest BCUT2D eigenvalue weighted by atomic mass is 10.0. The second-order valence-electron chi connectivity index (χ2n) is 5.04. The molecule has 6 nitrogen and oxygen atoms in total. The molecular formula is C14H17N5O. The zero-order chi connectivity index (χ0) is 14.1. The second kappa shape index (κ2) is 4.88. The number of nitrogens with two attached hydrogens (primary N) is 1. The SMILES string of the molecule is CC(Nc1cc2c(cc1N)CCC(=O)N2)c1cn[nH]c1. The Hall–Kier alpha value is -2.50. The van der Waals surface area contributed by atoms with Gasteiger partial charge in [-0.25, -0.2) is 0 Å². The molecule has 1 aromatic heterocycles. The molecule has 0 aliphatic carbocycles. The molecule has 0 saturated heterocycles. The molecular weight excluding hydrogens is 254 g/mol. The Balaban J connectivity index is 1.86. The van der Waals surface area contributed by atoms with Crippen molar-refractivity contribution in [1.29, 1.82) is 0 Å². The molecule has 0 saturated carbocycles. The standard InChI is InChI=1S/C14H17N5O/c1-8(10-6-16-17-7-10)18-13-5-12-9(4-11(13)15)2-3-14(20)19-12/h4-8,18H,2-3,15H2,1H3,(H,16,17)(H,19,20). The number of hydrogen-bond donors (Lipinski definition) is 4. The van der Waals surface area contributed by atoms with Crippen LogP contribution in [0.4, 0.5) is 17.1 Å². The summed E-state index contributed by atoms with van der Waals surface area (Å²) in [6.45, 7) is 2.03. The average molecular weight is 271 g/mol. The fourth-order valence-corrected chi connectivity index (χ4v) is 2.39. The van der Waals surface area contributed by atoms with E-state index in [9.17, 15) is 4.79 Å². The molecule has 2 aromatic rings. The molecule has 0 bridgehead atoms. The number of nitrogens with zero attached hydrogens (tertiary/aromatic N) is 1. The molecule has 1 aromatic carbocycles. The Morgan fingerprint density at radius 1 is 1.40 bits per heavy atom. The first kappa shape index (κ1) is 12.5. The van der Waals surface area contributed by atoms with Gasteiger partial charge in [-0.3, -0.25) is 9.89 Å². The number of benzene rings is 1. The lowest BCUT2D eigenvalue weighted by Crippen LogP contribution is -2.19. The number of aryl methyl sites for hydroxylation is 1. The Morgan fingerprint density at radius 2 is 2.25 bits per heavy atom. The minimum atomic E-state index is 0.0519. The third-order valence-electron chi connectivity index (χ3n) is 3.56. The third-order valence-corrected chi connectivity index (χ3v) is 3.56. The molecule has 0 spiro atoms. The van der Waals surface area contributed by atoms with Gasteiger partial charge in [0, 0.05) is 23.9 Å². The summed E-state index contributed by atoms with van der Waals surface area (Å²) in [5.74, 6) is 0.0519. The summed E-state index contributed by atoms with van der Waals surface area (Å²) in [5, 5.41) is 12.9. The smallest absolute Gasteiger partial charge is 0.224 e. The van der Waals surface area contributed by atoms with E-state index >= 15 is 0 Å². The van der Waals surface area contributed by atoms with E-state index in [1.54, 1.807) is 6.20 Å². The molecule has 1 aliphatic rings. The maximum absolute atomic E-state index is 11.5. The predicted molar refractivity (Wildman–Crippen MR) is 78.4 cm³/mol. The van der Waals surface area contributed by atoms with Gasteiger partial charge in [-0.2, -0.15) is 5.10 Å². The Labute approximate surface area is 116 Å². The van der Waals surface area contributed by atoms with Crippen molar-refractivity contribution >= 4 is 23.0 Å². The number of hydrogen-bond acceptors (Lipinski definition) is 4. The minimum absolute atomic E-state index is 0.0519. The molecule has 1 unspecified atom stereocenters. The van der Waals surface area contributed by atoms with Crippen molar-refractivity contribution in [3.05, 3.63) is 35.7 Å². The van der Waals surface area contributed by atoms with Crippen LogP contribution in [0.1, 0.15) is 30.5 Å². The third kappa shape index (κ3) is 2.32. The van der Waals surface area contributed by atoms with Gasteiger partial charge in [0.05, 0.1) is 23.6 Å². The van der Waals surface area contributed by atoms with Crippen LogP contribution in [0, 0.1) is 0 Å². The van der Waals surface area contributed by atoms with Crippen molar-refractivity contribution < 1.29 is 4.79 Å². The summed E-state index contributed by atoms with van der Waals surface area (Å²) < 4.78 is 0. The van der Waals surface area contributed by atoms with Crippen molar-refractivity contribution in [3.63, 3.8) is 0 Å². The van der Waals surface area contributed by atoms with Gasteiger partial charge in [-0.1, -0.05) is 0 Å². The van der Waals surface area contributed by atoms with Crippen molar-refractivity contribution in [2.75, 3.05) is 16.4 Å². The Bertz CT molecular complexity index is 635. The van der Waals surface area contributed by atoms with Crippen molar-refractivity contribution in [2.24, 2.45) is 0 Å². The van der Waals surface area contributed by atoms with Crippen LogP contribution in [-0.2, 0) is 11.2 Å². The van der Waals surface area contributed by atoms with Crippen LogP contribution in [0.25, 0.3) is 0 Å². The van der Waals surface area contributed by atoms with Crippen molar-refractivity contribution in [3.8, 4) is 0 Å². The van der Waals surface area contributed by atoms with Crippen LogP contribution in [-0.4, -0.2) is 16.1 Å². The summed E-state index contributed by atoms with van der Waals surface area (Å²) in [6.07, 6.45) is 4.87. The van der Waals surface area contributed by atoms with E-state index in [1.165, 1.54) is 0 Å². The fourth-order valence-electron chi connectivity index (χ4n) is 2.39. The van der Waals surface area contributed by atoms with E-state index in [4.69, 9.17) is 5.73 Å². The van der Waals surface area contributed by atoms with E-state index < -0.39 is 0 Å². The maximum Gasteiger partial charge on any atom is 0.224 e. The van der Waals surface area contributed by atoms with Crippen LogP contribution in [0.15, 0.2) is 24.5 Å². The number of H-pyrrole nitrogens is 1. The van der Waals surface area contributed by atoms with Crippen molar-refractivity contribution in [2.45, 2.75) is 25.8 Å². The number of rotatable bonds is 3. The lowest BCUT2D eigenvalue weighted by Gasteiger charge is -2.21. The zero-order valence-corrected chi connectivity index (χ0v) is 11.2. The molecule has 104 valence electrons. The number of carbonyl (C=O) groups is 1. The van der Waals surface area contributed by atoms with Crippen LogP contribution in [0.2, 0.25) is 0 Å². The highest BCUT2D eigenvalue weighted by Gasteiger charge is 2.17. The van der Waals surface area contributed by atoms with Crippen LogP contribution in [0.3, 0.4) is 0 Å². The summed E-state index contributed by atoms with van der Waals surface area (Å²) in [7, 11) is 0. The summed E-state index contributed by atoms with van der Waals surface area (Å²) >= 11 is 0. The topological polar surface area (TPSA) is 95.8 Å². The lowest BCUT2D eigenvalue weighted by molar-refractivity contribution is -0.116. The maximum atomic E-state index is 11.5. The molecule has 5 N–H and O–H groups in total. The predicted octanol–water partition coefficient (Wildman–Crippen LogP) is 2.05. The number of aromatic nitrogens is 2. The van der Waals surface area contributed by atoms with Crippen molar-refractivity contribution in [1.82, 2.24) is 10.2 Å². The summed E-state index contributed by atoms with van der Waals surface area (Å²) in [5.41, 5.74) is 10.6. The quantitative estimate of drug-likeness (QED) is 0.642. The molecule has 2 heterocycles. The van der Waals surface area contributed by atoms with Gasteiger partial charge in [0.2, 0.25) is 5.91 Å². The van der Waals surface area contributed by atoms with Gasteiger partial charge in [0.25, 0.3) is 0 Å². The summed E-state index contributed by atoms with van der Waals surface area (Å²) in [4.78, 5) is 11.5. The van der Waals surface area contributed by atoms with Crippen LogP contribution < -0.4 is 16.4 Å². The number of aromatic amines is 1. The summed E-state index contributed by atoms with van der Waals surface area (Å²) in [6, 6.07) is 3.91. The number of carbonyl (C=O) groups excluding carboxylic acids is 1. The highest BCUT2D eigenvalue weighted by molar-refractivity contribution is 5.95. The molecule has 0 radical (unpaired) electrons. The molecule has 1 amide bonds. The van der Waals surface area contributed by atoms with Crippen LogP contribution >= 0.6 is 0 Å². The zero-order valence-electron chi connectivity index (χ0n) is 11.2. The van der Waals surface area contributed by atoms with Gasteiger partial charge >= 0.3 is 0 Å². The number of fused-ring (bicyclic) bond motifs is 1. The Morgan fingerprint density at radius 3 is 3.00 bits per heavy atom. The molecule has 0 fully saturated rings. The number of anilines is 3. The first-order valence-corrected chi connectivity index (χ1v) is 6.61. The van der Waals surface area contributed by atoms with E-state index in [0.717, 1.165) is 28.9 Å². The molecule has 1 atom stereocenters. The first-order chi connectivity index (χ1) is 9.63. The highest BCUT2D eigenvalue weighted by atomic mass is 16.1. The molecule has 3 rings (SSSR count). The normalized spacial score (nSPS) is 15.3. The molecule has 6 heteroatoms. The van der Waals surface area contributed by atoms with E-state index in [0.29, 0.717) is 12.1 Å².